The molecule has 1 unspecified atom stereocenters. The molecule has 1 amide bonds. The van der Waals surface area contributed by atoms with Gasteiger partial charge < -0.3 is 19.4 Å². The van der Waals surface area contributed by atoms with Gasteiger partial charge in [-0.1, -0.05) is 12.1 Å². The summed E-state index contributed by atoms with van der Waals surface area (Å²) in [5.74, 6) is 0.619. The van der Waals surface area contributed by atoms with E-state index in [4.69, 9.17) is 11.3 Å². The van der Waals surface area contributed by atoms with Gasteiger partial charge in [0.05, 0.1) is 31.3 Å². The molecule has 3 aromatic rings. The Balaban J connectivity index is 1.20. The Kier molecular flexibility index (Phi) is 6.85. The Morgan fingerprint density at radius 3 is 2.53 bits per heavy atom. The third-order valence-electron chi connectivity index (χ3n) is 6.60. The van der Waals surface area contributed by atoms with Crippen molar-refractivity contribution >= 4 is 34.1 Å². The van der Waals surface area contributed by atoms with Crippen LogP contribution in [0.25, 0.3) is 15.6 Å². The third kappa shape index (κ3) is 5.23. The molecule has 14 heteroatoms. The molecule has 5 rings (SSSR count). The fourth-order valence-electron chi connectivity index (χ4n) is 4.60. The molecule has 1 N–H and O–H groups in total. The number of morpholine rings is 1. The summed E-state index contributed by atoms with van der Waals surface area (Å²) in [7, 11) is 0. The fraction of sp³-hybridized carbons (Fsp3) is 0.417. The quantitative estimate of drug-likeness (QED) is 0.514. The number of alkyl halides is 3. The Bertz CT molecular complexity index is 1430. The standard InChI is InChI=1S/C24H23F3N8O3/c1-28-16-2-3-18-19(10-16)21(31-32-22(18)37)35-8-9-38-17(14-35)11-20(36)33-4-6-34(7-5-33)23-29-12-15(13-30-23)24(25,26)27/h2-3,10,12-13,17H,4-9,11,14H2,(H,32,37). The van der Waals surface area contributed by atoms with E-state index in [1.165, 1.54) is 0 Å². The molecule has 0 radical (unpaired) electrons. The second kappa shape index (κ2) is 10.3. The average Bonchev–Trinajstić information content (AvgIpc) is 2.93. The van der Waals surface area contributed by atoms with Crippen LogP contribution in [0.4, 0.5) is 30.6 Å². The summed E-state index contributed by atoms with van der Waals surface area (Å²) in [6.07, 6.45) is -3.24. The highest BCUT2D eigenvalue weighted by molar-refractivity contribution is 5.94. The van der Waals surface area contributed by atoms with Crippen LogP contribution in [-0.2, 0) is 15.7 Å². The molecule has 1 atom stereocenters. The van der Waals surface area contributed by atoms with Crippen molar-refractivity contribution in [3.05, 3.63) is 57.9 Å². The van der Waals surface area contributed by atoms with Crippen LogP contribution in [-0.4, -0.2) is 83.0 Å². The number of anilines is 2. The minimum absolute atomic E-state index is 0.0978. The molecule has 0 bridgehead atoms. The molecular weight excluding hydrogens is 505 g/mol. The van der Waals surface area contributed by atoms with Gasteiger partial charge in [-0.25, -0.2) is 19.9 Å². The maximum absolute atomic E-state index is 13.0. The number of carbonyl (C=O) groups excluding carboxylic acids is 1. The number of ether oxygens (including phenoxy) is 1. The minimum Gasteiger partial charge on any atom is -0.374 e. The smallest absolute Gasteiger partial charge is 0.374 e. The van der Waals surface area contributed by atoms with Crippen LogP contribution in [0.1, 0.15) is 12.0 Å². The first kappa shape index (κ1) is 25.4. The largest absolute Gasteiger partial charge is 0.419 e. The van der Waals surface area contributed by atoms with Crippen LogP contribution in [0.15, 0.2) is 35.4 Å². The lowest BCUT2D eigenvalue weighted by Crippen LogP contribution is -2.51. The van der Waals surface area contributed by atoms with Crippen molar-refractivity contribution in [2.24, 2.45) is 0 Å². The lowest BCUT2D eigenvalue weighted by molar-refractivity contribution is -0.138. The zero-order chi connectivity index (χ0) is 26.9. The zero-order valence-electron chi connectivity index (χ0n) is 20.1. The summed E-state index contributed by atoms with van der Waals surface area (Å²) in [5, 5.41) is 7.71. The molecule has 0 spiro atoms. The monoisotopic (exact) mass is 528 g/mol. The normalized spacial score (nSPS) is 18.5. The number of hydrogen-bond acceptors (Lipinski definition) is 8. The van der Waals surface area contributed by atoms with E-state index in [2.05, 4.69) is 25.0 Å². The van der Waals surface area contributed by atoms with E-state index < -0.39 is 17.8 Å². The predicted octanol–water partition coefficient (Wildman–Crippen LogP) is 2.23. The Hall–Kier alpha value is -4.25. The van der Waals surface area contributed by atoms with Gasteiger partial charge in [-0.05, 0) is 6.07 Å². The van der Waals surface area contributed by atoms with E-state index in [9.17, 15) is 22.8 Å². The maximum atomic E-state index is 13.0. The molecule has 0 saturated carbocycles. The van der Waals surface area contributed by atoms with Crippen molar-refractivity contribution in [3.63, 3.8) is 0 Å². The SMILES string of the molecule is [C-]#[N+]c1ccc2c(=O)[nH]nc(N3CCOC(CC(=O)N4CCN(c5ncc(C(F)(F)F)cn5)CC4)C3)c2c1. The van der Waals surface area contributed by atoms with E-state index in [1.807, 2.05) is 4.90 Å². The number of nitrogens with one attached hydrogen (secondary N) is 1. The van der Waals surface area contributed by atoms with Crippen molar-refractivity contribution in [2.75, 3.05) is 55.7 Å². The van der Waals surface area contributed by atoms with Crippen molar-refractivity contribution in [3.8, 4) is 0 Å². The molecule has 11 nitrogen and oxygen atoms in total. The second-order valence-corrected chi connectivity index (χ2v) is 9.00. The molecule has 2 aromatic heterocycles. The van der Waals surface area contributed by atoms with Gasteiger partial charge in [0.15, 0.2) is 11.5 Å². The van der Waals surface area contributed by atoms with Crippen LogP contribution in [0, 0.1) is 6.57 Å². The molecule has 2 aliphatic rings. The number of nitrogens with zero attached hydrogens (tertiary/aromatic N) is 7. The van der Waals surface area contributed by atoms with Crippen LogP contribution >= 0.6 is 0 Å². The number of H-pyrrole nitrogens is 1. The third-order valence-corrected chi connectivity index (χ3v) is 6.60. The van der Waals surface area contributed by atoms with Gasteiger partial charge in [0.2, 0.25) is 11.9 Å². The number of benzene rings is 1. The lowest BCUT2D eigenvalue weighted by Gasteiger charge is -2.37. The van der Waals surface area contributed by atoms with Gasteiger partial charge in [0.25, 0.3) is 5.56 Å². The molecule has 0 aliphatic carbocycles. The molecule has 38 heavy (non-hydrogen) atoms. The number of hydrogen-bond donors (Lipinski definition) is 1. The number of piperazine rings is 1. The van der Waals surface area contributed by atoms with Crippen molar-refractivity contribution in [2.45, 2.75) is 18.7 Å². The van der Waals surface area contributed by atoms with Gasteiger partial charge >= 0.3 is 6.18 Å². The van der Waals surface area contributed by atoms with Gasteiger partial charge in [0, 0.05) is 62.4 Å². The number of halogens is 3. The van der Waals surface area contributed by atoms with Crippen molar-refractivity contribution < 1.29 is 22.7 Å². The summed E-state index contributed by atoms with van der Waals surface area (Å²) < 4.78 is 44.1. The van der Waals surface area contributed by atoms with E-state index >= 15 is 0 Å². The van der Waals surface area contributed by atoms with Gasteiger partial charge in [-0.2, -0.15) is 18.3 Å². The van der Waals surface area contributed by atoms with Gasteiger partial charge in [-0.15, -0.1) is 0 Å². The topological polar surface area (TPSA) is 112 Å². The molecule has 198 valence electrons. The number of aromatic amines is 1. The maximum Gasteiger partial charge on any atom is 0.419 e. The fourth-order valence-corrected chi connectivity index (χ4v) is 4.60. The molecular formula is C24H23F3N8O3. The number of carbonyl (C=O) groups is 1. The van der Waals surface area contributed by atoms with Gasteiger partial charge in [0.1, 0.15) is 0 Å². The van der Waals surface area contributed by atoms with Crippen LogP contribution in [0.5, 0.6) is 0 Å². The average molecular weight is 528 g/mol. The lowest BCUT2D eigenvalue weighted by atomic mass is 10.1. The summed E-state index contributed by atoms with van der Waals surface area (Å²) >= 11 is 0. The van der Waals surface area contributed by atoms with Crippen molar-refractivity contribution in [1.82, 2.24) is 25.1 Å². The van der Waals surface area contributed by atoms with E-state index in [0.717, 1.165) is 12.4 Å². The first-order valence-corrected chi connectivity index (χ1v) is 11.9. The number of aromatic nitrogens is 4. The van der Waals surface area contributed by atoms with E-state index in [-0.39, 0.29) is 23.8 Å². The molecule has 2 aliphatic heterocycles. The van der Waals surface area contributed by atoms with Crippen LogP contribution in [0.3, 0.4) is 0 Å². The molecule has 2 saturated heterocycles. The molecule has 2 fully saturated rings. The summed E-state index contributed by atoms with van der Waals surface area (Å²) in [5.41, 5.74) is -0.860. The van der Waals surface area contributed by atoms with E-state index in [0.29, 0.717) is 68.2 Å². The van der Waals surface area contributed by atoms with Crippen LogP contribution in [0.2, 0.25) is 0 Å². The molecule has 1 aromatic carbocycles. The van der Waals surface area contributed by atoms with Crippen molar-refractivity contribution in [1.29, 1.82) is 0 Å². The minimum atomic E-state index is -4.50. The first-order chi connectivity index (χ1) is 18.2. The highest BCUT2D eigenvalue weighted by atomic mass is 19.4. The number of rotatable bonds is 4. The second-order valence-electron chi connectivity index (χ2n) is 9.00. The Morgan fingerprint density at radius 2 is 1.84 bits per heavy atom. The number of amides is 1. The summed E-state index contributed by atoms with van der Waals surface area (Å²) in [4.78, 5) is 41.7. The summed E-state index contributed by atoms with van der Waals surface area (Å²) in [6, 6.07) is 4.82. The summed E-state index contributed by atoms with van der Waals surface area (Å²) in [6.45, 7) is 10.1. The van der Waals surface area contributed by atoms with E-state index in [1.54, 1.807) is 28.0 Å². The highest BCUT2D eigenvalue weighted by Gasteiger charge is 2.32. The van der Waals surface area contributed by atoms with Gasteiger partial charge in [-0.3, -0.25) is 9.59 Å². The Labute approximate surface area is 214 Å². The number of fused-ring (bicyclic) bond motifs is 1. The Morgan fingerprint density at radius 1 is 1.11 bits per heavy atom. The highest BCUT2D eigenvalue weighted by Crippen LogP contribution is 2.29. The molecule has 4 heterocycles. The first-order valence-electron chi connectivity index (χ1n) is 11.9. The predicted molar refractivity (Wildman–Crippen MR) is 131 cm³/mol. The van der Waals surface area contributed by atoms with Crippen LogP contribution < -0.4 is 15.4 Å². The zero-order valence-corrected chi connectivity index (χ0v) is 20.1.